The molecule has 4 aromatic rings. The Labute approximate surface area is 179 Å². The molecule has 0 fully saturated rings. The Kier molecular flexibility index (Phi) is 6.35. The first kappa shape index (κ1) is 20.0. The molecule has 4 rings (SSSR count). The van der Waals surface area contributed by atoms with Crippen LogP contribution in [0.25, 0.3) is 22.2 Å². The SMILES string of the molecule is CCCCc1oc2ccccc2c1/C=N\NC(=O)Cc1nc(-c2ccccc2)cs1. The lowest BCUT2D eigenvalue weighted by Gasteiger charge is -1.99. The lowest BCUT2D eigenvalue weighted by molar-refractivity contribution is -0.120. The van der Waals surface area contributed by atoms with Gasteiger partial charge in [-0.2, -0.15) is 5.10 Å². The minimum absolute atomic E-state index is 0.192. The predicted molar refractivity (Wildman–Crippen MR) is 122 cm³/mol. The van der Waals surface area contributed by atoms with E-state index in [1.165, 1.54) is 11.3 Å². The van der Waals surface area contributed by atoms with Crippen LogP contribution in [0.2, 0.25) is 0 Å². The molecule has 0 aliphatic heterocycles. The molecule has 0 saturated carbocycles. The molecule has 0 radical (unpaired) electrons. The van der Waals surface area contributed by atoms with Crippen molar-refractivity contribution in [2.24, 2.45) is 5.10 Å². The molecular weight excluding hydrogens is 394 g/mol. The highest BCUT2D eigenvalue weighted by molar-refractivity contribution is 7.10. The highest BCUT2D eigenvalue weighted by Crippen LogP contribution is 2.26. The van der Waals surface area contributed by atoms with Gasteiger partial charge < -0.3 is 4.42 Å². The first-order valence-corrected chi connectivity index (χ1v) is 10.9. The Bertz CT molecular complexity index is 1160. The van der Waals surface area contributed by atoms with Crippen LogP contribution in [0.3, 0.4) is 0 Å². The number of furan rings is 1. The van der Waals surface area contributed by atoms with Gasteiger partial charge in [-0.1, -0.05) is 61.9 Å². The van der Waals surface area contributed by atoms with Gasteiger partial charge in [-0.25, -0.2) is 10.4 Å². The summed E-state index contributed by atoms with van der Waals surface area (Å²) < 4.78 is 5.99. The van der Waals surface area contributed by atoms with Crippen LogP contribution in [-0.4, -0.2) is 17.1 Å². The van der Waals surface area contributed by atoms with Crippen LogP contribution in [0.4, 0.5) is 0 Å². The Morgan fingerprint density at radius 3 is 2.80 bits per heavy atom. The van der Waals surface area contributed by atoms with Gasteiger partial charge in [0.15, 0.2) is 0 Å². The standard InChI is InChI=1S/C24H23N3O2S/c1-2-3-12-22-19(18-11-7-8-13-21(18)29-22)15-25-27-23(28)14-24-26-20(16-30-24)17-9-5-4-6-10-17/h4-11,13,15-16H,2-3,12,14H2,1H3,(H,27,28)/b25-15-. The molecule has 0 unspecified atom stereocenters. The van der Waals surface area contributed by atoms with Crippen LogP contribution >= 0.6 is 11.3 Å². The van der Waals surface area contributed by atoms with Crippen molar-refractivity contribution in [3.63, 3.8) is 0 Å². The van der Waals surface area contributed by atoms with Crippen LogP contribution in [0.1, 0.15) is 36.1 Å². The van der Waals surface area contributed by atoms with Gasteiger partial charge in [-0.15, -0.1) is 11.3 Å². The predicted octanol–water partition coefficient (Wildman–Crippen LogP) is 5.59. The van der Waals surface area contributed by atoms with Crippen LogP contribution in [0.15, 0.2) is 69.5 Å². The highest BCUT2D eigenvalue weighted by Gasteiger charge is 2.12. The number of hydrazone groups is 1. The van der Waals surface area contributed by atoms with Crippen molar-refractivity contribution in [3.8, 4) is 11.3 Å². The van der Waals surface area contributed by atoms with E-state index in [0.29, 0.717) is 0 Å². The van der Waals surface area contributed by atoms with E-state index in [2.05, 4.69) is 22.4 Å². The largest absolute Gasteiger partial charge is 0.460 e. The molecule has 1 amide bonds. The van der Waals surface area contributed by atoms with Crippen molar-refractivity contribution >= 4 is 34.4 Å². The number of nitrogens with one attached hydrogen (secondary N) is 1. The second-order valence-corrected chi connectivity index (χ2v) is 7.94. The van der Waals surface area contributed by atoms with Crippen LogP contribution in [-0.2, 0) is 17.6 Å². The maximum absolute atomic E-state index is 12.3. The van der Waals surface area contributed by atoms with Gasteiger partial charge in [0.2, 0.25) is 5.91 Å². The Hall–Kier alpha value is -3.25. The van der Waals surface area contributed by atoms with Crippen molar-refractivity contribution in [1.82, 2.24) is 10.4 Å². The summed E-state index contributed by atoms with van der Waals surface area (Å²) in [5.74, 6) is 0.714. The van der Waals surface area contributed by atoms with E-state index in [9.17, 15) is 4.79 Å². The van der Waals surface area contributed by atoms with Crippen LogP contribution in [0, 0.1) is 0 Å². The number of carbonyl (C=O) groups is 1. The average Bonchev–Trinajstić information content (AvgIpc) is 3.38. The first-order chi connectivity index (χ1) is 14.7. The number of aryl methyl sites for hydroxylation is 1. The smallest absolute Gasteiger partial charge is 0.246 e. The second kappa shape index (κ2) is 9.50. The van der Waals surface area contributed by atoms with E-state index in [1.807, 2.05) is 60.0 Å². The molecule has 0 bridgehead atoms. The number of carbonyl (C=O) groups excluding carboxylic acids is 1. The summed E-state index contributed by atoms with van der Waals surface area (Å²) in [6, 6.07) is 17.8. The molecular formula is C24H23N3O2S. The van der Waals surface area contributed by atoms with Gasteiger partial charge >= 0.3 is 0 Å². The summed E-state index contributed by atoms with van der Waals surface area (Å²) in [5, 5.41) is 7.93. The number of hydrogen-bond acceptors (Lipinski definition) is 5. The van der Waals surface area contributed by atoms with Gasteiger partial charge in [0, 0.05) is 28.3 Å². The Morgan fingerprint density at radius 1 is 1.17 bits per heavy atom. The van der Waals surface area contributed by atoms with Gasteiger partial charge in [0.05, 0.1) is 18.3 Å². The maximum atomic E-state index is 12.3. The van der Waals surface area contributed by atoms with E-state index in [4.69, 9.17) is 4.42 Å². The van der Waals surface area contributed by atoms with Crippen molar-refractivity contribution < 1.29 is 9.21 Å². The summed E-state index contributed by atoms with van der Waals surface area (Å²) >= 11 is 1.48. The molecule has 2 aromatic heterocycles. The Morgan fingerprint density at radius 2 is 1.97 bits per heavy atom. The molecule has 2 heterocycles. The summed E-state index contributed by atoms with van der Waals surface area (Å²) in [4.78, 5) is 16.9. The number of thiazole rings is 1. The van der Waals surface area contributed by atoms with Gasteiger partial charge in [0.25, 0.3) is 0 Å². The monoisotopic (exact) mass is 417 g/mol. The fraction of sp³-hybridized carbons (Fsp3) is 0.208. The minimum atomic E-state index is -0.192. The van der Waals surface area contributed by atoms with E-state index >= 15 is 0 Å². The van der Waals surface area contributed by atoms with Gasteiger partial charge in [-0.3, -0.25) is 4.79 Å². The van der Waals surface area contributed by atoms with Crippen molar-refractivity contribution in [1.29, 1.82) is 0 Å². The third kappa shape index (κ3) is 4.66. The number of para-hydroxylation sites is 1. The molecule has 6 heteroatoms. The molecule has 152 valence electrons. The molecule has 0 atom stereocenters. The molecule has 0 saturated heterocycles. The summed E-state index contributed by atoms with van der Waals surface area (Å²) in [6.07, 6.45) is 4.86. The topological polar surface area (TPSA) is 67.5 Å². The number of amides is 1. The van der Waals surface area contributed by atoms with Crippen molar-refractivity contribution in [2.45, 2.75) is 32.6 Å². The Balaban J connectivity index is 1.42. The zero-order chi connectivity index (χ0) is 20.8. The van der Waals surface area contributed by atoms with E-state index in [-0.39, 0.29) is 12.3 Å². The number of fused-ring (bicyclic) bond motifs is 1. The third-order valence-electron chi connectivity index (χ3n) is 4.78. The molecule has 0 aliphatic rings. The molecule has 1 N–H and O–H groups in total. The molecule has 30 heavy (non-hydrogen) atoms. The summed E-state index contributed by atoms with van der Waals surface area (Å²) in [6.45, 7) is 2.15. The average molecular weight is 418 g/mol. The van der Waals surface area contributed by atoms with Crippen LogP contribution in [0.5, 0.6) is 0 Å². The molecule has 5 nitrogen and oxygen atoms in total. The van der Waals surface area contributed by atoms with Crippen molar-refractivity contribution in [3.05, 3.63) is 76.3 Å². The van der Waals surface area contributed by atoms with Crippen LogP contribution < -0.4 is 5.43 Å². The highest BCUT2D eigenvalue weighted by atomic mass is 32.1. The lowest BCUT2D eigenvalue weighted by atomic mass is 10.1. The fourth-order valence-corrected chi connectivity index (χ4v) is 4.06. The summed E-state index contributed by atoms with van der Waals surface area (Å²) in [5.41, 5.74) is 6.33. The van der Waals surface area contributed by atoms with Gasteiger partial charge in [0.1, 0.15) is 16.4 Å². The number of rotatable bonds is 8. The second-order valence-electron chi connectivity index (χ2n) is 7.00. The van der Waals surface area contributed by atoms with E-state index in [1.54, 1.807) is 6.21 Å². The number of unbranched alkanes of at least 4 members (excludes halogenated alkanes) is 1. The molecule has 0 aliphatic carbocycles. The number of aromatic nitrogens is 1. The zero-order valence-electron chi connectivity index (χ0n) is 16.8. The minimum Gasteiger partial charge on any atom is -0.460 e. The lowest BCUT2D eigenvalue weighted by Crippen LogP contribution is -2.19. The summed E-state index contributed by atoms with van der Waals surface area (Å²) in [7, 11) is 0. The molecule has 0 spiro atoms. The van der Waals surface area contributed by atoms with Gasteiger partial charge in [-0.05, 0) is 12.5 Å². The zero-order valence-corrected chi connectivity index (χ0v) is 17.6. The van der Waals surface area contributed by atoms with Crippen molar-refractivity contribution in [2.75, 3.05) is 0 Å². The first-order valence-electron chi connectivity index (χ1n) is 10.1. The number of benzene rings is 2. The molecule has 2 aromatic carbocycles. The van der Waals surface area contributed by atoms with E-state index in [0.717, 1.165) is 57.8 Å². The number of nitrogens with zero attached hydrogens (tertiary/aromatic N) is 2. The third-order valence-corrected chi connectivity index (χ3v) is 5.63. The maximum Gasteiger partial charge on any atom is 0.246 e. The quantitative estimate of drug-likeness (QED) is 0.300. The normalized spacial score (nSPS) is 11.4. The fourth-order valence-electron chi connectivity index (χ4n) is 3.26. The van der Waals surface area contributed by atoms with E-state index < -0.39 is 0 Å². The number of hydrogen-bond donors (Lipinski definition) is 1.